The van der Waals surface area contributed by atoms with Gasteiger partial charge in [-0.1, -0.05) is 12.1 Å². The number of carbonyl (C=O) groups excluding carboxylic acids is 1. The van der Waals surface area contributed by atoms with E-state index in [1.165, 1.54) is 10.7 Å². The van der Waals surface area contributed by atoms with Crippen molar-refractivity contribution in [2.45, 2.75) is 57.0 Å². The smallest absolute Gasteiger partial charge is 0.248 e. The van der Waals surface area contributed by atoms with Gasteiger partial charge < -0.3 is 4.90 Å². The summed E-state index contributed by atoms with van der Waals surface area (Å²) in [5, 5.41) is 14.2. The first kappa shape index (κ1) is 30.2. The molecule has 1 aliphatic heterocycles. The topological polar surface area (TPSA) is 109 Å². The van der Waals surface area contributed by atoms with Gasteiger partial charge in [0.25, 0.3) is 0 Å². The number of hydrogen-bond acceptors (Lipinski definition) is 7. The van der Waals surface area contributed by atoms with E-state index in [1.807, 2.05) is 4.90 Å². The third-order valence-corrected chi connectivity index (χ3v) is 10.7. The summed E-state index contributed by atoms with van der Waals surface area (Å²) >= 11 is 0. The SMILES string of the molecule is N#CC1(CC(=O)[C@@H]2CC(F)(F)CC[C@H]2c2nn(-c3ccc(F)cn3)c(CF)c2-c2ccc(N3CCS(=O)(=O)CC3)cc2)CC1. The van der Waals surface area contributed by atoms with Crippen LogP contribution in [0.1, 0.15) is 55.8 Å². The molecule has 2 aliphatic carbocycles. The molecule has 2 aromatic heterocycles. The maximum Gasteiger partial charge on any atom is 0.248 e. The number of alkyl halides is 3. The van der Waals surface area contributed by atoms with Crippen molar-refractivity contribution in [3.8, 4) is 23.0 Å². The van der Waals surface area contributed by atoms with E-state index >= 15 is 0 Å². The third-order valence-electron chi connectivity index (χ3n) is 9.12. The lowest BCUT2D eigenvalue weighted by Crippen LogP contribution is -2.40. The van der Waals surface area contributed by atoms with Gasteiger partial charge in [0.2, 0.25) is 5.92 Å². The van der Waals surface area contributed by atoms with E-state index in [-0.39, 0.29) is 41.6 Å². The van der Waals surface area contributed by atoms with E-state index in [1.54, 1.807) is 24.3 Å². The van der Waals surface area contributed by atoms with Crippen LogP contribution in [0.3, 0.4) is 0 Å². The summed E-state index contributed by atoms with van der Waals surface area (Å²) < 4.78 is 83.2. The van der Waals surface area contributed by atoms with Gasteiger partial charge in [0.05, 0.1) is 40.6 Å². The van der Waals surface area contributed by atoms with Crippen molar-refractivity contribution in [3.63, 3.8) is 0 Å². The fraction of sp³-hybridized carbons (Fsp3) is 0.484. The van der Waals surface area contributed by atoms with Crippen LogP contribution in [0, 0.1) is 28.5 Å². The number of carbonyl (C=O) groups is 1. The van der Waals surface area contributed by atoms with Crippen molar-refractivity contribution in [1.82, 2.24) is 14.8 Å². The predicted octanol–water partition coefficient (Wildman–Crippen LogP) is 5.56. The summed E-state index contributed by atoms with van der Waals surface area (Å²) in [6.07, 6.45) is 0.689. The molecule has 3 aliphatic rings. The summed E-state index contributed by atoms with van der Waals surface area (Å²) in [7, 11) is -3.08. The Morgan fingerprint density at radius 1 is 1.07 bits per heavy atom. The third kappa shape index (κ3) is 5.96. The first-order valence-corrected chi connectivity index (χ1v) is 16.4. The van der Waals surface area contributed by atoms with Gasteiger partial charge in [0, 0.05) is 55.4 Å². The van der Waals surface area contributed by atoms with Crippen LogP contribution in [0.15, 0.2) is 42.6 Å². The molecule has 0 bridgehead atoms. The molecular formula is C31H31F4N5O3S. The van der Waals surface area contributed by atoms with Crippen LogP contribution in [0.2, 0.25) is 0 Å². The van der Waals surface area contributed by atoms with E-state index < -0.39 is 64.1 Å². The molecule has 1 saturated heterocycles. The van der Waals surface area contributed by atoms with Crippen molar-refractivity contribution in [2.75, 3.05) is 29.5 Å². The average molecular weight is 630 g/mol. The number of aromatic nitrogens is 3. The Labute approximate surface area is 252 Å². The number of hydrogen-bond donors (Lipinski definition) is 0. The fourth-order valence-electron chi connectivity index (χ4n) is 6.40. The van der Waals surface area contributed by atoms with Crippen LogP contribution < -0.4 is 4.90 Å². The molecular weight excluding hydrogens is 598 g/mol. The van der Waals surface area contributed by atoms with Crippen molar-refractivity contribution < 1.29 is 30.8 Å². The largest absolute Gasteiger partial charge is 0.369 e. The average Bonchev–Trinajstić information content (AvgIpc) is 3.67. The predicted molar refractivity (Wildman–Crippen MR) is 154 cm³/mol. The summed E-state index contributed by atoms with van der Waals surface area (Å²) in [6.45, 7) is -0.339. The molecule has 1 aromatic carbocycles. The molecule has 13 heteroatoms. The summed E-state index contributed by atoms with van der Waals surface area (Å²) in [5.41, 5.74) is 1.19. The number of nitrogens with zero attached hydrogens (tertiary/aromatic N) is 5. The van der Waals surface area contributed by atoms with Gasteiger partial charge in [0.15, 0.2) is 15.7 Å². The van der Waals surface area contributed by atoms with E-state index in [9.17, 15) is 36.0 Å². The number of sulfone groups is 1. The number of ketones is 1. The molecule has 2 atom stereocenters. The first-order valence-electron chi connectivity index (χ1n) is 14.6. The van der Waals surface area contributed by atoms with Gasteiger partial charge in [0.1, 0.15) is 18.3 Å². The Bertz CT molecular complexity index is 1700. The van der Waals surface area contributed by atoms with Gasteiger partial charge in [-0.15, -0.1) is 0 Å². The lowest BCUT2D eigenvalue weighted by Gasteiger charge is -2.35. The van der Waals surface area contributed by atoms with E-state index in [0.717, 1.165) is 18.0 Å². The summed E-state index contributed by atoms with van der Waals surface area (Å²) in [6, 6.07) is 11.7. The number of nitriles is 1. The number of Topliss-reactive ketones (excluding diaryl/α,β-unsaturated/α-hetero) is 1. The number of rotatable bonds is 8. The molecule has 0 amide bonds. The highest BCUT2D eigenvalue weighted by molar-refractivity contribution is 7.91. The molecule has 232 valence electrons. The molecule has 6 rings (SSSR count). The van der Waals surface area contributed by atoms with Crippen LogP contribution in [-0.4, -0.2) is 59.5 Å². The zero-order valence-corrected chi connectivity index (χ0v) is 24.7. The quantitative estimate of drug-likeness (QED) is 0.300. The van der Waals surface area contributed by atoms with Crippen LogP contribution in [0.25, 0.3) is 16.9 Å². The number of pyridine rings is 1. The Kier molecular flexibility index (Phi) is 7.76. The van der Waals surface area contributed by atoms with Gasteiger partial charge in [-0.25, -0.2) is 35.6 Å². The number of anilines is 1. The molecule has 3 heterocycles. The van der Waals surface area contributed by atoms with Gasteiger partial charge >= 0.3 is 0 Å². The lowest BCUT2D eigenvalue weighted by atomic mass is 9.71. The van der Waals surface area contributed by atoms with E-state index in [0.29, 0.717) is 37.1 Å². The molecule has 0 unspecified atom stereocenters. The highest BCUT2D eigenvalue weighted by atomic mass is 32.2. The zero-order chi connectivity index (χ0) is 31.3. The molecule has 3 fully saturated rings. The van der Waals surface area contributed by atoms with Gasteiger partial charge in [-0.3, -0.25) is 4.79 Å². The van der Waals surface area contributed by atoms with Crippen molar-refractivity contribution in [3.05, 3.63) is 59.8 Å². The van der Waals surface area contributed by atoms with Crippen molar-refractivity contribution in [1.29, 1.82) is 5.26 Å². The molecule has 44 heavy (non-hydrogen) atoms. The summed E-state index contributed by atoms with van der Waals surface area (Å²) in [4.78, 5) is 19.6. The molecule has 0 N–H and O–H groups in total. The minimum atomic E-state index is -3.08. The lowest BCUT2D eigenvalue weighted by molar-refractivity contribution is -0.132. The normalized spacial score (nSPS) is 23.6. The Hall–Kier alpha value is -3.79. The Balaban J connectivity index is 1.43. The summed E-state index contributed by atoms with van der Waals surface area (Å²) in [5.74, 6) is -5.80. The second-order valence-electron chi connectivity index (χ2n) is 12.1. The highest BCUT2D eigenvalue weighted by Crippen LogP contribution is 2.53. The molecule has 0 radical (unpaired) electrons. The Morgan fingerprint density at radius 2 is 1.77 bits per heavy atom. The van der Waals surface area contributed by atoms with E-state index in [2.05, 4.69) is 16.2 Å². The van der Waals surface area contributed by atoms with Gasteiger partial charge in [-0.2, -0.15) is 10.4 Å². The Morgan fingerprint density at radius 3 is 2.36 bits per heavy atom. The van der Waals surface area contributed by atoms with E-state index in [4.69, 9.17) is 0 Å². The fourth-order valence-corrected chi connectivity index (χ4v) is 7.61. The van der Waals surface area contributed by atoms with Crippen molar-refractivity contribution in [2.24, 2.45) is 11.3 Å². The molecule has 2 saturated carbocycles. The number of benzene rings is 1. The maximum atomic E-state index is 14.9. The van der Waals surface area contributed by atoms with Crippen LogP contribution in [-0.2, 0) is 21.3 Å². The van der Waals surface area contributed by atoms with Crippen LogP contribution in [0.5, 0.6) is 0 Å². The van der Waals surface area contributed by atoms with Gasteiger partial charge in [-0.05, 0) is 49.1 Å². The second kappa shape index (κ2) is 11.3. The first-order chi connectivity index (χ1) is 20.9. The molecule has 0 spiro atoms. The molecule has 3 aromatic rings. The minimum Gasteiger partial charge on any atom is -0.369 e. The van der Waals surface area contributed by atoms with Crippen LogP contribution in [0.4, 0.5) is 23.2 Å². The zero-order valence-electron chi connectivity index (χ0n) is 23.9. The number of halogens is 4. The monoisotopic (exact) mass is 629 g/mol. The second-order valence-corrected chi connectivity index (χ2v) is 14.4. The molecule has 8 nitrogen and oxygen atoms in total. The highest BCUT2D eigenvalue weighted by Gasteiger charge is 2.51. The van der Waals surface area contributed by atoms with Crippen LogP contribution >= 0.6 is 0 Å². The minimum absolute atomic E-state index is 0.0388. The maximum absolute atomic E-state index is 14.9. The van der Waals surface area contributed by atoms with Crippen molar-refractivity contribution >= 4 is 21.3 Å². The standard InChI is InChI=1S/C31H31F4N5O3S/c32-17-25-28(20-1-4-22(5-2-20)39-11-13-44(42,43)14-12-39)29(38-40(25)27-6-3-21(33)18-37-27)23-7-8-31(34,35)15-24(23)26(41)16-30(19-36)9-10-30/h1-6,18,23-24H,7-17H2/t23-,24-/m1/s1.